The van der Waals surface area contributed by atoms with Crippen molar-refractivity contribution in [3.63, 3.8) is 0 Å². The zero-order valence-corrected chi connectivity index (χ0v) is 15.9. The molecule has 0 aliphatic heterocycles. The molecule has 138 valence electrons. The van der Waals surface area contributed by atoms with Crippen LogP contribution in [-0.4, -0.2) is 36.4 Å². The van der Waals surface area contributed by atoms with Gasteiger partial charge in [0.15, 0.2) is 6.61 Å². The molecule has 0 spiro atoms. The van der Waals surface area contributed by atoms with Crippen LogP contribution in [-0.2, 0) is 16.1 Å². The molecule has 0 saturated heterocycles. The third kappa shape index (κ3) is 5.23. The molecule has 5 nitrogen and oxygen atoms in total. The first-order chi connectivity index (χ1) is 12.4. The Morgan fingerprint density at radius 3 is 2.58 bits per heavy atom. The van der Waals surface area contributed by atoms with Gasteiger partial charge in [-0.15, -0.1) is 0 Å². The minimum absolute atomic E-state index is 0.198. The second kappa shape index (κ2) is 9.25. The van der Waals surface area contributed by atoms with E-state index in [0.29, 0.717) is 17.3 Å². The van der Waals surface area contributed by atoms with Crippen molar-refractivity contribution in [2.75, 3.05) is 13.7 Å². The van der Waals surface area contributed by atoms with Crippen molar-refractivity contribution in [1.82, 2.24) is 10.2 Å². The van der Waals surface area contributed by atoms with Crippen molar-refractivity contribution in [3.05, 3.63) is 64.7 Å². The summed E-state index contributed by atoms with van der Waals surface area (Å²) in [4.78, 5) is 26.3. The molecule has 2 aromatic rings. The van der Waals surface area contributed by atoms with Gasteiger partial charge < -0.3 is 15.0 Å². The van der Waals surface area contributed by atoms with E-state index in [2.05, 4.69) is 5.32 Å². The van der Waals surface area contributed by atoms with Crippen molar-refractivity contribution >= 4 is 23.4 Å². The Kier molecular flexibility index (Phi) is 7.04. The van der Waals surface area contributed by atoms with E-state index in [-0.39, 0.29) is 18.4 Å². The SMILES string of the molecule is CNC(=O)C(C)N(Cc1cccc(C)c1)C(=O)COc1ccccc1Cl. The first kappa shape index (κ1) is 19.8. The maximum absolute atomic E-state index is 12.8. The summed E-state index contributed by atoms with van der Waals surface area (Å²) in [6.07, 6.45) is 0. The lowest BCUT2D eigenvalue weighted by molar-refractivity contribution is -0.142. The minimum atomic E-state index is -0.622. The fourth-order valence-electron chi connectivity index (χ4n) is 2.58. The number of likely N-dealkylation sites (N-methyl/N-ethyl adjacent to an activating group) is 1. The Morgan fingerprint density at radius 2 is 1.92 bits per heavy atom. The van der Waals surface area contributed by atoms with Crippen LogP contribution in [0.5, 0.6) is 5.75 Å². The van der Waals surface area contributed by atoms with Crippen LogP contribution in [0.4, 0.5) is 0 Å². The average molecular weight is 375 g/mol. The highest BCUT2D eigenvalue weighted by Gasteiger charge is 2.26. The number of nitrogens with zero attached hydrogens (tertiary/aromatic N) is 1. The van der Waals surface area contributed by atoms with Crippen LogP contribution in [0.3, 0.4) is 0 Å². The van der Waals surface area contributed by atoms with E-state index < -0.39 is 6.04 Å². The number of carbonyl (C=O) groups is 2. The predicted octanol–water partition coefficient (Wildman–Crippen LogP) is 3.19. The van der Waals surface area contributed by atoms with Crippen molar-refractivity contribution in [2.45, 2.75) is 26.4 Å². The maximum atomic E-state index is 12.8. The first-order valence-electron chi connectivity index (χ1n) is 8.36. The first-order valence-corrected chi connectivity index (χ1v) is 8.74. The normalized spacial score (nSPS) is 11.5. The molecule has 0 fully saturated rings. The Labute approximate surface area is 158 Å². The highest BCUT2D eigenvalue weighted by Crippen LogP contribution is 2.23. The van der Waals surface area contributed by atoms with Crippen molar-refractivity contribution in [1.29, 1.82) is 0 Å². The topological polar surface area (TPSA) is 58.6 Å². The standard InChI is InChI=1S/C20H23ClN2O3/c1-14-7-6-8-16(11-14)12-23(15(2)20(25)22-3)19(24)13-26-18-10-5-4-9-17(18)21/h4-11,15H,12-13H2,1-3H3,(H,22,25). The van der Waals surface area contributed by atoms with Gasteiger partial charge in [-0.1, -0.05) is 53.6 Å². The molecule has 6 heteroatoms. The van der Waals surface area contributed by atoms with Gasteiger partial charge in [0.05, 0.1) is 5.02 Å². The lowest BCUT2D eigenvalue weighted by Crippen LogP contribution is -2.48. The average Bonchev–Trinajstić information content (AvgIpc) is 2.64. The van der Waals surface area contributed by atoms with Gasteiger partial charge in [-0.25, -0.2) is 0 Å². The van der Waals surface area contributed by atoms with Crippen LogP contribution in [0, 0.1) is 6.92 Å². The lowest BCUT2D eigenvalue weighted by atomic mass is 10.1. The van der Waals surface area contributed by atoms with Gasteiger partial charge in [-0.05, 0) is 31.5 Å². The summed E-state index contributed by atoms with van der Waals surface area (Å²) in [5.74, 6) is -0.0862. The molecule has 0 radical (unpaired) electrons. The van der Waals surface area contributed by atoms with Gasteiger partial charge in [-0.2, -0.15) is 0 Å². The number of hydrogen-bond acceptors (Lipinski definition) is 3. The van der Waals surface area contributed by atoms with E-state index in [1.165, 1.54) is 4.90 Å². The molecule has 1 unspecified atom stereocenters. The molecule has 1 N–H and O–H groups in total. The van der Waals surface area contributed by atoms with Crippen molar-refractivity contribution in [3.8, 4) is 5.75 Å². The fraction of sp³-hybridized carbons (Fsp3) is 0.300. The van der Waals surface area contributed by atoms with E-state index in [1.54, 1.807) is 38.2 Å². The quantitative estimate of drug-likeness (QED) is 0.809. The number of benzene rings is 2. The molecular formula is C20H23ClN2O3. The summed E-state index contributed by atoms with van der Waals surface area (Å²) in [5, 5.41) is 3.02. The molecular weight excluding hydrogens is 352 g/mol. The van der Waals surface area contributed by atoms with E-state index in [9.17, 15) is 9.59 Å². The van der Waals surface area contributed by atoms with E-state index >= 15 is 0 Å². The highest BCUT2D eigenvalue weighted by atomic mass is 35.5. The number of nitrogens with one attached hydrogen (secondary N) is 1. The van der Waals surface area contributed by atoms with E-state index in [4.69, 9.17) is 16.3 Å². The Bertz CT molecular complexity index is 779. The largest absolute Gasteiger partial charge is 0.482 e. The smallest absolute Gasteiger partial charge is 0.261 e. The predicted molar refractivity (Wildman–Crippen MR) is 102 cm³/mol. The molecule has 0 heterocycles. The van der Waals surface area contributed by atoms with Gasteiger partial charge in [0.25, 0.3) is 5.91 Å². The summed E-state index contributed by atoms with van der Waals surface area (Å²) >= 11 is 6.06. The number of ether oxygens (including phenoxy) is 1. The van der Waals surface area contributed by atoms with Crippen LogP contribution >= 0.6 is 11.6 Å². The minimum Gasteiger partial charge on any atom is -0.482 e. The summed E-state index contributed by atoms with van der Waals surface area (Å²) < 4.78 is 5.55. The molecule has 0 aliphatic carbocycles. The van der Waals surface area contributed by atoms with Crippen LogP contribution in [0.2, 0.25) is 5.02 Å². The number of carbonyl (C=O) groups excluding carboxylic acids is 2. The van der Waals surface area contributed by atoms with Crippen molar-refractivity contribution < 1.29 is 14.3 Å². The molecule has 0 aromatic heterocycles. The van der Waals surface area contributed by atoms with Crippen LogP contribution < -0.4 is 10.1 Å². The summed E-state index contributed by atoms with van der Waals surface area (Å²) in [7, 11) is 1.55. The van der Waals surface area contributed by atoms with E-state index in [1.807, 2.05) is 31.2 Å². The molecule has 26 heavy (non-hydrogen) atoms. The fourth-order valence-corrected chi connectivity index (χ4v) is 2.77. The number of amides is 2. The zero-order chi connectivity index (χ0) is 19.1. The maximum Gasteiger partial charge on any atom is 0.261 e. The van der Waals surface area contributed by atoms with Gasteiger partial charge in [0.1, 0.15) is 11.8 Å². The number of aryl methyl sites for hydroxylation is 1. The van der Waals surface area contributed by atoms with Crippen LogP contribution in [0.1, 0.15) is 18.1 Å². The number of para-hydroxylation sites is 1. The second-order valence-electron chi connectivity index (χ2n) is 6.02. The Balaban J connectivity index is 2.15. The van der Waals surface area contributed by atoms with Gasteiger partial charge in [-0.3, -0.25) is 9.59 Å². The molecule has 0 aliphatic rings. The van der Waals surface area contributed by atoms with Gasteiger partial charge in [0.2, 0.25) is 5.91 Å². The number of hydrogen-bond donors (Lipinski definition) is 1. The van der Waals surface area contributed by atoms with Crippen LogP contribution in [0.15, 0.2) is 48.5 Å². The summed E-state index contributed by atoms with van der Waals surface area (Å²) in [6.45, 7) is 3.80. The van der Waals surface area contributed by atoms with E-state index in [0.717, 1.165) is 11.1 Å². The third-order valence-corrected chi connectivity index (χ3v) is 4.35. The molecule has 0 bridgehead atoms. The van der Waals surface area contributed by atoms with Gasteiger partial charge >= 0.3 is 0 Å². The monoisotopic (exact) mass is 374 g/mol. The molecule has 0 saturated carbocycles. The summed E-state index contributed by atoms with van der Waals surface area (Å²) in [6, 6.07) is 14.2. The molecule has 2 rings (SSSR count). The summed E-state index contributed by atoms with van der Waals surface area (Å²) in [5.41, 5.74) is 2.04. The lowest BCUT2D eigenvalue weighted by Gasteiger charge is -2.28. The second-order valence-corrected chi connectivity index (χ2v) is 6.43. The van der Waals surface area contributed by atoms with Gasteiger partial charge in [0, 0.05) is 13.6 Å². The number of halogens is 1. The van der Waals surface area contributed by atoms with Crippen LogP contribution in [0.25, 0.3) is 0 Å². The number of rotatable bonds is 7. The Morgan fingerprint density at radius 1 is 1.19 bits per heavy atom. The Hall–Kier alpha value is -2.53. The molecule has 2 aromatic carbocycles. The third-order valence-electron chi connectivity index (χ3n) is 4.04. The highest BCUT2D eigenvalue weighted by molar-refractivity contribution is 6.32. The molecule has 1 atom stereocenters. The molecule has 2 amide bonds. The van der Waals surface area contributed by atoms with Crippen molar-refractivity contribution in [2.24, 2.45) is 0 Å². The zero-order valence-electron chi connectivity index (χ0n) is 15.2.